The number of benzene rings is 2. The predicted octanol–water partition coefficient (Wildman–Crippen LogP) is 1.57. The first-order valence-electron chi connectivity index (χ1n) is 7.35. The van der Waals surface area contributed by atoms with E-state index in [1.807, 2.05) is 18.2 Å². The number of likely N-dealkylation sites (N-methyl/N-ethyl adjacent to an activating group) is 1. The lowest BCUT2D eigenvalue weighted by atomic mass is 10.2. The third kappa shape index (κ3) is 4.90. The van der Waals surface area contributed by atoms with E-state index < -0.39 is 0 Å². The minimum atomic E-state index is -0.296. The molecule has 0 radical (unpaired) electrons. The molecule has 0 spiro atoms. The molecule has 2 rings (SSSR count). The minimum Gasteiger partial charge on any atom is -0.497 e. The maximum Gasteiger partial charge on any atom is 0.338 e. The van der Waals surface area contributed by atoms with Gasteiger partial charge in [-0.05, 0) is 24.3 Å². The molecule has 1 N–H and O–H groups in total. The number of ether oxygens (including phenoxy) is 2. The zero-order chi connectivity index (χ0) is 15.8. The van der Waals surface area contributed by atoms with Gasteiger partial charge in [0.15, 0.2) is 0 Å². The molecule has 0 aliphatic carbocycles. The molecule has 1 unspecified atom stereocenters. The molecule has 0 bridgehead atoms. The Morgan fingerprint density at radius 1 is 1.05 bits per heavy atom. The average molecular weight is 300 g/mol. The van der Waals surface area contributed by atoms with Crippen molar-refractivity contribution >= 4 is 5.97 Å². The molecule has 1 atom stereocenters. The lowest BCUT2D eigenvalue weighted by molar-refractivity contribution is -0.893. The van der Waals surface area contributed by atoms with Crippen molar-refractivity contribution in [2.45, 2.75) is 6.54 Å². The van der Waals surface area contributed by atoms with E-state index in [0.29, 0.717) is 12.2 Å². The molecule has 22 heavy (non-hydrogen) atoms. The summed E-state index contributed by atoms with van der Waals surface area (Å²) in [5, 5.41) is 0. The maximum absolute atomic E-state index is 11.9. The normalized spacial score (nSPS) is 11.7. The zero-order valence-electron chi connectivity index (χ0n) is 13.0. The lowest BCUT2D eigenvalue weighted by Gasteiger charge is -2.14. The van der Waals surface area contributed by atoms with E-state index in [0.717, 1.165) is 18.8 Å². The van der Waals surface area contributed by atoms with E-state index in [9.17, 15) is 4.79 Å². The summed E-state index contributed by atoms with van der Waals surface area (Å²) >= 11 is 0. The van der Waals surface area contributed by atoms with Crippen LogP contribution in [-0.2, 0) is 11.3 Å². The van der Waals surface area contributed by atoms with Gasteiger partial charge in [0.2, 0.25) is 0 Å². The van der Waals surface area contributed by atoms with E-state index in [-0.39, 0.29) is 5.97 Å². The van der Waals surface area contributed by atoms with Gasteiger partial charge in [0.25, 0.3) is 0 Å². The Morgan fingerprint density at radius 2 is 1.73 bits per heavy atom. The average Bonchev–Trinajstić information content (AvgIpc) is 2.55. The number of nitrogens with one attached hydrogen (secondary N) is 1. The highest BCUT2D eigenvalue weighted by Gasteiger charge is 2.09. The van der Waals surface area contributed by atoms with Gasteiger partial charge in [-0.25, -0.2) is 4.79 Å². The van der Waals surface area contributed by atoms with Crippen LogP contribution in [0.3, 0.4) is 0 Å². The van der Waals surface area contributed by atoms with Crippen LogP contribution in [0, 0.1) is 0 Å². The van der Waals surface area contributed by atoms with Gasteiger partial charge in [-0.2, -0.15) is 0 Å². The highest BCUT2D eigenvalue weighted by molar-refractivity contribution is 5.89. The van der Waals surface area contributed by atoms with Gasteiger partial charge in [0, 0.05) is 5.56 Å². The summed E-state index contributed by atoms with van der Waals surface area (Å²) in [7, 11) is 3.69. The van der Waals surface area contributed by atoms with Gasteiger partial charge >= 0.3 is 5.97 Å². The number of methoxy groups -OCH3 is 1. The maximum atomic E-state index is 11.9. The minimum absolute atomic E-state index is 0.296. The standard InChI is InChI=1S/C18H21NO3/c1-19(14-15-6-4-3-5-7-15)12-13-22-18(20)16-8-10-17(21-2)11-9-16/h3-11H,12-14H2,1-2H3/p+1. The van der Waals surface area contributed by atoms with Crippen molar-refractivity contribution in [1.82, 2.24) is 0 Å². The quantitative estimate of drug-likeness (QED) is 0.789. The van der Waals surface area contributed by atoms with Crippen molar-refractivity contribution in [3.05, 3.63) is 65.7 Å². The van der Waals surface area contributed by atoms with Crippen LogP contribution >= 0.6 is 0 Å². The number of carbonyl (C=O) groups is 1. The number of carbonyl (C=O) groups excluding carboxylic acids is 1. The molecule has 0 amide bonds. The summed E-state index contributed by atoms with van der Waals surface area (Å²) in [4.78, 5) is 13.2. The SMILES string of the molecule is COc1ccc(C(=O)OCC[NH+](C)Cc2ccccc2)cc1. The molecular weight excluding hydrogens is 278 g/mol. The van der Waals surface area contributed by atoms with Crippen LogP contribution < -0.4 is 9.64 Å². The number of rotatable bonds is 7. The largest absolute Gasteiger partial charge is 0.497 e. The van der Waals surface area contributed by atoms with Crippen LogP contribution in [0.5, 0.6) is 5.75 Å². The molecule has 2 aromatic carbocycles. The van der Waals surface area contributed by atoms with Crippen LogP contribution in [0.2, 0.25) is 0 Å². The van der Waals surface area contributed by atoms with Crippen molar-refractivity contribution in [3.63, 3.8) is 0 Å². The molecular formula is C18H22NO3+. The number of hydrogen-bond acceptors (Lipinski definition) is 3. The Balaban J connectivity index is 1.74. The lowest BCUT2D eigenvalue weighted by Crippen LogP contribution is -3.08. The second-order valence-electron chi connectivity index (χ2n) is 5.23. The van der Waals surface area contributed by atoms with Gasteiger partial charge < -0.3 is 14.4 Å². The molecule has 4 heteroatoms. The van der Waals surface area contributed by atoms with Crippen LogP contribution in [0.1, 0.15) is 15.9 Å². The third-order valence-electron chi connectivity index (χ3n) is 3.44. The second-order valence-corrected chi connectivity index (χ2v) is 5.23. The molecule has 0 fully saturated rings. The molecule has 0 saturated heterocycles. The number of hydrogen-bond donors (Lipinski definition) is 1. The van der Waals surface area contributed by atoms with E-state index in [2.05, 4.69) is 19.2 Å². The first-order valence-corrected chi connectivity index (χ1v) is 7.35. The monoisotopic (exact) mass is 300 g/mol. The zero-order valence-corrected chi connectivity index (χ0v) is 13.0. The first-order chi connectivity index (χ1) is 10.7. The fraction of sp³-hybridized carbons (Fsp3) is 0.278. The smallest absolute Gasteiger partial charge is 0.338 e. The van der Waals surface area contributed by atoms with E-state index in [4.69, 9.17) is 9.47 Å². The van der Waals surface area contributed by atoms with Gasteiger partial charge in [-0.1, -0.05) is 30.3 Å². The Kier molecular flexibility index (Phi) is 5.98. The molecule has 2 aromatic rings. The summed E-state index contributed by atoms with van der Waals surface area (Å²) in [6.07, 6.45) is 0. The van der Waals surface area contributed by atoms with Crippen molar-refractivity contribution < 1.29 is 19.2 Å². The number of esters is 1. The molecule has 0 aliphatic heterocycles. The summed E-state index contributed by atoms with van der Waals surface area (Å²) in [6.45, 7) is 2.10. The van der Waals surface area contributed by atoms with Gasteiger partial charge in [-0.15, -0.1) is 0 Å². The topological polar surface area (TPSA) is 40.0 Å². The molecule has 4 nitrogen and oxygen atoms in total. The van der Waals surface area contributed by atoms with Crippen LogP contribution in [0.4, 0.5) is 0 Å². The Labute approximate surface area is 131 Å². The molecule has 0 aromatic heterocycles. The van der Waals surface area contributed by atoms with Gasteiger partial charge in [-0.3, -0.25) is 0 Å². The summed E-state index contributed by atoms with van der Waals surface area (Å²) in [5.41, 5.74) is 1.82. The molecule has 0 heterocycles. The first kappa shape index (κ1) is 16.0. The van der Waals surface area contributed by atoms with Crippen LogP contribution in [0.15, 0.2) is 54.6 Å². The second kappa shape index (κ2) is 8.20. The summed E-state index contributed by atoms with van der Waals surface area (Å²) in [6, 6.07) is 17.2. The summed E-state index contributed by atoms with van der Waals surface area (Å²) < 4.78 is 10.4. The third-order valence-corrected chi connectivity index (χ3v) is 3.44. The van der Waals surface area contributed by atoms with Crippen molar-refractivity contribution in [3.8, 4) is 5.75 Å². The van der Waals surface area contributed by atoms with Gasteiger partial charge in [0.05, 0.1) is 19.7 Å². The number of quaternary nitrogens is 1. The van der Waals surface area contributed by atoms with E-state index >= 15 is 0 Å². The highest BCUT2D eigenvalue weighted by Crippen LogP contribution is 2.11. The Hall–Kier alpha value is -2.33. The van der Waals surface area contributed by atoms with E-state index in [1.54, 1.807) is 31.4 Å². The highest BCUT2D eigenvalue weighted by atomic mass is 16.5. The van der Waals surface area contributed by atoms with Gasteiger partial charge in [0.1, 0.15) is 25.4 Å². The molecule has 0 aliphatic rings. The fourth-order valence-electron chi connectivity index (χ4n) is 2.16. The fourth-order valence-corrected chi connectivity index (χ4v) is 2.16. The molecule has 116 valence electrons. The van der Waals surface area contributed by atoms with Crippen LogP contribution in [0.25, 0.3) is 0 Å². The van der Waals surface area contributed by atoms with Crippen LogP contribution in [-0.4, -0.2) is 33.3 Å². The van der Waals surface area contributed by atoms with Crippen molar-refractivity contribution in [2.75, 3.05) is 27.3 Å². The Bertz CT molecular complexity index is 581. The predicted molar refractivity (Wildman–Crippen MR) is 85.2 cm³/mol. The summed E-state index contributed by atoms with van der Waals surface area (Å²) in [5.74, 6) is 0.429. The van der Waals surface area contributed by atoms with Crippen molar-refractivity contribution in [2.24, 2.45) is 0 Å². The van der Waals surface area contributed by atoms with Crippen molar-refractivity contribution in [1.29, 1.82) is 0 Å². The van der Waals surface area contributed by atoms with E-state index in [1.165, 1.54) is 10.5 Å². The molecule has 0 saturated carbocycles. The Morgan fingerprint density at radius 3 is 2.36 bits per heavy atom.